The summed E-state index contributed by atoms with van der Waals surface area (Å²) in [5.41, 5.74) is 2.63. The molecule has 1 unspecified atom stereocenters. The van der Waals surface area contributed by atoms with Gasteiger partial charge in [0.25, 0.3) is 0 Å². The summed E-state index contributed by atoms with van der Waals surface area (Å²) < 4.78 is 17.2. The Morgan fingerprint density at radius 1 is 1.19 bits per heavy atom. The average Bonchev–Trinajstić information content (AvgIpc) is 2.62. The molecule has 0 spiro atoms. The summed E-state index contributed by atoms with van der Waals surface area (Å²) in [4.78, 5) is 12.4. The van der Waals surface area contributed by atoms with Gasteiger partial charge < -0.3 is 24.8 Å². The number of carbonyl (C=O) groups excluding carboxylic acids is 1. The van der Waals surface area contributed by atoms with Gasteiger partial charge in [-0.05, 0) is 35.8 Å². The van der Waals surface area contributed by atoms with Gasteiger partial charge in [-0.25, -0.2) is 4.79 Å². The van der Waals surface area contributed by atoms with Gasteiger partial charge in [0.05, 0.1) is 18.8 Å². The normalized spacial score (nSPS) is 13.7. The van der Waals surface area contributed by atoms with Gasteiger partial charge in [0, 0.05) is 22.2 Å². The first kappa shape index (κ1) is 18.4. The van der Waals surface area contributed by atoms with Crippen molar-refractivity contribution in [3.8, 4) is 17.2 Å². The Hall–Kier alpha value is -2.41. The van der Waals surface area contributed by atoms with E-state index in [0.29, 0.717) is 30.4 Å². The Balaban J connectivity index is 1.72. The predicted molar refractivity (Wildman–Crippen MR) is 103 cm³/mol. The third-order valence-electron chi connectivity index (χ3n) is 4.08. The number of benzene rings is 2. The SMILES string of the molecule is COc1ccc(C)cc1C(C)NC(=O)Nc1cc2c(cc1Br)OCCO2. The fourth-order valence-electron chi connectivity index (χ4n) is 2.78. The van der Waals surface area contributed by atoms with Gasteiger partial charge in [0.1, 0.15) is 19.0 Å². The third-order valence-corrected chi connectivity index (χ3v) is 4.74. The summed E-state index contributed by atoms with van der Waals surface area (Å²) in [6.45, 7) is 4.92. The largest absolute Gasteiger partial charge is 0.496 e. The van der Waals surface area contributed by atoms with E-state index >= 15 is 0 Å². The first-order valence-electron chi connectivity index (χ1n) is 8.29. The van der Waals surface area contributed by atoms with E-state index in [2.05, 4.69) is 26.6 Å². The quantitative estimate of drug-likeness (QED) is 0.767. The second-order valence-corrected chi connectivity index (χ2v) is 6.90. The molecule has 0 radical (unpaired) electrons. The van der Waals surface area contributed by atoms with Gasteiger partial charge in [-0.15, -0.1) is 0 Å². The van der Waals surface area contributed by atoms with Crippen LogP contribution in [0.5, 0.6) is 17.2 Å². The van der Waals surface area contributed by atoms with Crippen LogP contribution in [0.3, 0.4) is 0 Å². The molecule has 138 valence electrons. The van der Waals surface area contributed by atoms with Gasteiger partial charge >= 0.3 is 6.03 Å². The summed E-state index contributed by atoms with van der Waals surface area (Å²) >= 11 is 3.45. The molecule has 2 N–H and O–H groups in total. The van der Waals surface area contributed by atoms with Crippen LogP contribution in [0.15, 0.2) is 34.8 Å². The summed E-state index contributed by atoms with van der Waals surface area (Å²) in [5, 5.41) is 5.77. The molecule has 2 aromatic rings. The standard InChI is InChI=1S/C19H21BrN2O4/c1-11-4-5-16(24-3)13(8-11)12(2)21-19(23)22-15-10-18-17(9-14(15)20)25-6-7-26-18/h4-5,8-10,12H,6-7H2,1-3H3,(H2,21,22,23). The van der Waals surface area contributed by atoms with Gasteiger partial charge in [-0.3, -0.25) is 0 Å². The van der Waals surface area contributed by atoms with Crippen LogP contribution in [0.25, 0.3) is 0 Å². The molecule has 0 fully saturated rings. The summed E-state index contributed by atoms with van der Waals surface area (Å²) in [7, 11) is 1.62. The van der Waals surface area contributed by atoms with Crippen LogP contribution in [0.1, 0.15) is 24.1 Å². The van der Waals surface area contributed by atoms with Crippen LogP contribution < -0.4 is 24.8 Å². The molecular formula is C19H21BrN2O4. The molecule has 1 aliphatic heterocycles. The maximum atomic E-state index is 12.4. The molecule has 1 aliphatic rings. The van der Waals surface area contributed by atoms with Gasteiger partial charge in [0.15, 0.2) is 11.5 Å². The number of anilines is 1. The van der Waals surface area contributed by atoms with Crippen molar-refractivity contribution in [1.82, 2.24) is 5.32 Å². The summed E-state index contributed by atoms with van der Waals surface area (Å²) in [5.74, 6) is 2.01. The molecule has 0 saturated heterocycles. The highest BCUT2D eigenvalue weighted by Crippen LogP contribution is 2.38. The number of hydrogen-bond acceptors (Lipinski definition) is 4. The fraction of sp³-hybridized carbons (Fsp3) is 0.316. The number of rotatable bonds is 4. The Kier molecular flexibility index (Phi) is 5.56. The highest BCUT2D eigenvalue weighted by molar-refractivity contribution is 9.10. The number of halogens is 1. The maximum absolute atomic E-state index is 12.4. The molecule has 0 aromatic heterocycles. The van der Waals surface area contributed by atoms with Crippen molar-refractivity contribution < 1.29 is 19.0 Å². The number of hydrogen-bond donors (Lipinski definition) is 2. The van der Waals surface area contributed by atoms with Crippen molar-refractivity contribution >= 4 is 27.6 Å². The lowest BCUT2D eigenvalue weighted by Crippen LogP contribution is -2.31. The number of amides is 2. The predicted octanol–water partition coefficient (Wildman–Crippen LogP) is 4.42. The van der Waals surface area contributed by atoms with E-state index in [9.17, 15) is 4.79 Å². The van der Waals surface area contributed by atoms with E-state index in [1.54, 1.807) is 19.2 Å². The second-order valence-electron chi connectivity index (χ2n) is 6.04. The molecule has 0 bridgehead atoms. The van der Waals surface area contributed by atoms with Crippen molar-refractivity contribution in [3.05, 3.63) is 45.9 Å². The molecule has 2 amide bonds. The van der Waals surface area contributed by atoms with Crippen LogP contribution in [0, 0.1) is 6.92 Å². The topological polar surface area (TPSA) is 68.8 Å². The lowest BCUT2D eigenvalue weighted by atomic mass is 10.0. The Morgan fingerprint density at radius 3 is 2.58 bits per heavy atom. The third kappa shape index (κ3) is 4.04. The van der Waals surface area contributed by atoms with Crippen LogP contribution in [-0.2, 0) is 0 Å². The van der Waals surface area contributed by atoms with E-state index < -0.39 is 0 Å². The zero-order chi connectivity index (χ0) is 18.7. The molecule has 2 aromatic carbocycles. The zero-order valence-electron chi connectivity index (χ0n) is 14.9. The number of urea groups is 1. The van der Waals surface area contributed by atoms with Gasteiger partial charge in [0.2, 0.25) is 0 Å². The first-order valence-corrected chi connectivity index (χ1v) is 9.08. The first-order chi connectivity index (χ1) is 12.5. The average molecular weight is 421 g/mol. The lowest BCUT2D eigenvalue weighted by molar-refractivity contribution is 0.171. The van der Waals surface area contributed by atoms with Crippen molar-refractivity contribution in [2.24, 2.45) is 0 Å². The highest BCUT2D eigenvalue weighted by Gasteiger charge is 2.18. The smallest absolute Gasteiger partial charge is 0.319 e. The van der Waals surface area contributed by atoms with Crippen molar-refractivity contribution in [2.45, 2.75) is 19.9 Å². The Morgan fingerprint density at radius 2 is 1.88 bits per heavy atom. The number of aryl methyl sites for hydroxylation is 1. The molecule has 1 heterocycles. The van der Waals surface area contributed by atoms with Crippen molar-refractivity contribution in [2.75, 3.05) is 25.6 Å². The van der Waals surface area contributed by atoms with E-state index in [4.69, 9.17) is 14.2 Å². The molecule has 0 saturated carbocycles. The number of nitrogens with one attached hydrogen (secondary N) is 2. The van der Waals surface area contributed by atoms with Crippen LogP contribution >= 0.6 is 15.9 Å². The Labute approximate surface area is 161 Å². The van der Waals surface area contributed by atoms with Gasteiger partial charge in [-0.1, -0.05) is 17.7 Å². The molecule has 7 heteroatoms. The molecule has 6 nitrogen and oxygen atoms in total. The number of fused-ring (bicyclic) bond motifs is 1. The second kappa shape index (κ2) is 7.86. The fourth-order valence-corrected chi connectivity index (χ4v) is 3.21. The lowest BCUT2D eigenvalue weighted by Gasteiger charge is -2.21. The van der Waals surface area contributed by atoms with Crippen molar-refractivity contribution in [3.63, 3.8) is 0 Å². The van der Waals surface area contributed by atoms with Crippen LogP contribution in [0.2, 0.25) is 0 Å². The minimum absolute atomic E-state index is 0.221. The van der Waals surface area contributed by atoms with E-state index in [-0.39, 0.29) is 12.1 Å². The summed E-state index contributed by atoms with van der Waals surface area (Å²) in [6.07, 6.45) is 0. The molecular weight excluding hydrogens is 400 g/mol. The maximum Gasteiger partial charge on any atom is 0.319 e. The Bertz CT molecular complexity index is 825. The van der Waals surface area contributed by atoms with E-state index in [1.165, 1.54) is 0 Å². The van der Waals surface area contributed by atoms with E-state index in [1.807, 2.05) is 32.0 Å². The molecule has 3 rings (SSSR count). The van der Waals surface area contributed by atoms with Gasteiger partial charge in [-0.2, -0.15) is 0 Å². The molecule has 26 heavy (non-hydrogen) atoms. The number of ether oxygens (including phenoxy) is 3. The minimum atomic E-state index is -0.321. The highest BCUT2D eigenvalue weighted by atomic mass is 79.9. The summed E-state index contributed by atoms with van der Waals surface area (Å²) in [6, 6.07) is 8.87. The number of carbonyl (C=O) groups is 1. The van der Waals surface area contributed by atoms with Crippen molar-refractivity contribution in [1.29, 1.82) is 0 Å². The molecule has 0 aliphatic carbocycles. The van der Waals surface area contributed by atoms with Crippen LogP contribution in [0.4, 0.5) is 10.5 Å². The monoisotopic (exact) mass is 420 g/mol. The van der Waals surface area contributed by atoms with E-state index in [0.717, 1.165) is 21.3 Å². The molecule has 1 atom stereocenters. The minimum Gasteiger partial charge on any atom is -0.496 e. The zero-order valence-corrected chi connectivity index (χ0v) is 16.5. The number of methoxy groups -OCH3 is 1. The van der Waals surface area contributed by atoms with Crippen LogP contribution in [-0.4, -0.2) is 26.4 Å².